The fourth-order valence-electron chi connectivity index (χ4n) is 5.60. The highest BCUT2D eigenvalue weighted by molar-refractivity contribution is 6.09. The number of rotatable bonds is 7. The van der Waals surface area contributed by atoms with E-state index in [2.05, 4.69) is 17.5 Å². The van der Waals surface area contributed by atoms with Crippen molar-refractivity contribution in [2.45, 2.75) is 26.2 Å². The Morgan fingerprint density at radius 2 is 1.65 bits per heavy atom. The molecule has 1 saturated heterocycles. The number of imide groups is 1. The first-order chi connectivity index (χ1) is 15.0. The molecule has 7 nitrogen and oxygen atoms in total. The van der Waals surface area contributed by atoms with Gasteiger partial charge in [-0.15, -0.1) is 0 Å². The average molecular weight is 422 g/mol. The number of esters is 1. The second-order valence-electron chi connectivity index (χ2n) is 9.03. The third-order valence-electron chi connectivity index (χ3n) is 7.19. The van der Waals surface area contributed by atoms with Gasteiger partial charge < -0.3 is 10.1 Å². The molecule has 2 bridgehead atoms. The predicted molar refractivity (Wildman–Crippen MR) is 112 cm³/mol. The molecule has 1 heterocycles. The Morgan fingerprint density at radius 3 is 2.23 bits per heavy atom. The van der Waals surface area contributed by atoms with Gasteiger partial charge in [0, 0.05) is 5.69 Å². The summed E-state index contributed by atoms with van der Waals surface area (Å²) >= 11 is 0. The van der Waals surface area contributed by atoms with Crippen LogP contribution in [0.25, 0.3) is 0 Å². The fraction of sp³-hybridized carbons (Fsp3) is 0.500. The SMILES string of the molecule is CCCCOC(=O)c1ccc(NC(=O)CN2C(=O)C3C4C=CC(C5CC45)C3C2=O)cc1. The molecule has 0 radical (unpaired) electrons. The minimum atomic E-state index is -0.427. The lowest BCUT2D eigenvalue weighted by Gasteiger charge is -2.37. The van der Waals surface area contributed by atoms with Crippen molar-refractivity contribution in [1.82, 2.24) is 4.90 Å². The molecular formula is C24H26N2O5. The number of nitrogens with zero attached hydrogens (tertiary/aromatic N) is 1. The number of hydrogen-bond donors (Lipinski definition) is 1. The van der Waals surface area contributed by atoms with Crippen LogP contribution in [0, 0.1) is 35.5 Å². The van der Waals surface area contributed by atoms with Crippen LogP contribution in [0.2, 0.25) is 0 Å². The second kappa shape index (κ2) is 7.62. The Balaban J connectivity index is 1.19. The van der Waals surface area contributed by atoms with Crippen LogP contribution in [0.4, 0.5) is 5.69 Å². The number of ether oxygens (including phenoxy) is 1. The molecule has 6 rings (SSSR count). The number of nitrogens with one attached hydrogen (secondary N) is 1. The first-order valence-corrected chi connectivity index (χ1v) is 11.1. The Hall–Kier alpha value is -2.96. The third kappa shape index (κ3) is 3.36. The standard InChI is InChI=1S/C24H26N2O5/c1-2-3-10-31-24(30)13-4-6-14(7-5-13)25-19(27)12-26-22(28)20-15-8-9-16(18-11-17(15)18)21(20)23(26)29/h4-9,15-18,20-21H,2-3,10-12H2,1H3,(H,25,27). The van der Waals surface area contributed by atoms with E-state index in [0.29, 0.717) is 29.7 Å². The molecule has 1 aromatic rings. The average Bonchev–Trinajstić information content (AvgIpc) is 3.55. The van der Waals surface area contributed by atoms with Gasteiger partial charge in [-0.3, -0.25) is 19.3 Å². The van der Waals surface area contributed by atoms with Gasteiger partial charge in [-0.1, -0.05) is 25.5 Å². The smallest absolute Gasteiger partial charge is 0.338 e. The van der Waals surface area contributed by atoms with Crippen molar-refractivity contribution in [3.63, 3.8) is 0 Å². The van der Waals surface area contributed by atoms with E-state index < -0.39 is 11.9 Å². The summed E-state index contributed by atoms with van der Waals surface area (Å²) < 4.78 is 5.17. The van der Waals surface area contributed by atoms with Crippen LogP contribution in [0.1, 0.15) is 36.5 Å². The zero-order chi connectivity index (χ0) is 21.7. The molecule has 0 spiro atoms. The molecule has 7 heteroatoms. The van der Waals surface area contributed by atoms with E-state index in [1.54, 1.807) is 24.3 Å². The normalized spacial score (nSPS) is 32.0. The molecule has 1 aromatic carbocycles. The van der Waals surface area contributed by atoms with Gasteiger partial charge in [0.05, 0.1) is 24.0 Å². The molecule has 6 unspecified atom stereocenters. The molecular weight excluding hydrogens is 396 g/mol. The molecule has 3 amide bonds. The fourth-order valence-corrected chi connectivity index (χ4v) is 5.60. The van der Waals surface area contributed by atoms with E-state index in [9.17, 15) is 19.2 Å². The van der Waals surface area contributed by atoms with Gasteiger partial charge in [-0.05, 0) is 60.8 Å². The molecule has 5 aliphatic rings. The minimum Gasteiger partial charge on any atom is -0.462 e. The summed E-state index contributed by atoms with van der Waals surface area (Å²) in [6.45, 7) is 2.12. The highest BCUT2D eigenvalue weighted by Crippen LogP contribution is 2.65. The first kappa shape index (κ1) is 20.0. The Morgan fingerprint density at radius 1 is 1.03 bits per heavy atom. The lowest BCUT2D eigenvalue weighted by Crippen LogP contribution is -2.40. The number of carbonyl (C=O) groups excluding carboxylic acids is 4. The number of hydrogen-bond acceptors (Lipinski definition) is 5. The van der Waals surface area contributed by atoms with Crippen molar-refractivity contribution in [2.24, 2.45) is 35.5 Å². The summed E-state index contributed by atoms with van der Waals surface area (Å²) in [6.07, 6.45) is 7.10. The topological polar surface area (TPSA) is 92.8 Å². The van der Waals surface area contributed by atoms with Gasteiger partial charge in [0.15, 0.2) is 0 Å². The molecule has 2 saturated carbocycles. The summed E-state index contributed by atoms with van der Waals surface area (Å²) in [5.41, 5.74) is 0.902. The minimum absolute atomic E-state index is 0.147. The largest absolute Gasteiger partial charge is 0.462 e. The van der Waals surface area contributed by atoms with E-state index in [-0.39, 0.29) is 42.0 Å². The first-order valence-electron chi connectivity index (χ1n) is 11.1. The predicted octanol–water partition coefficient (Wildman–Crippen LogP) is 2.64. The van der Waals surface area contributed by atoms with Crippen LogP contribution in [0.3, 0.4) is 0 Å². The second-order valence-corrected chi connectivity index (χ2v) is 9.03. The third-order valence-corrected chi connectivity index (χ3v) is 7.19. The quantitative estimate of drug-likeness (QED) is 0.316. The van der Waals surface area contributed by atoms with Crippen LogP contribution >= 0.6 is 0 Å². The van der Waals surface area contributed by atoms with Crippen molar-refractivity contribution in [3.05, 3.63) is 42.0 Å². The van der Waals surface area contributed by atoms with Crippen molar-refractivity contribution >= 4 is 29.4 Å². The summed E-state index contributed by atoms with van der Waals surface area (Å²) in [5.74, 6) is -0.465. The number of anilines is 1. The van der Waals surface area contributed by atoms with Crippen molar-refractivity contribution in [3.8, 4) is 0 Å². The lowest BCUT2D eigenvalue weighted by atomic mass is 9.63. The van der Waals surface area contributed by atoms with Crippen LogP contribution in [-0.2, 0) is 19.1 Å². The zero-order valence-electron chi connectivity index (χ0n) is 17.5. The van der Waals surface area contributed by atoms with E-state index >= 15 is 0 Å². The van der Waals surface area contributed by atoms with Crippen molar-refractivity contribution in [2.75, 3.05) is 18.5 Å². The van der Waals surface area contributed by atoms with E-state index in [1.807, 2.05) is 6.92 Å². The number of allylic oxidation sites excluding steroid dienone is 2. The Kier molecular flexibility index (Phi) is 4.91. The Bertz CT molecular complexity index is 933. The van der Waals surface area contributed by atoms with Crippen LogP contribution in [0.15, 0.2) is 36.4 Å². The van der Waals surface area contributed by atoms with Crippen LogP contribution in [-0.4, -0.2) is 41.7 Å². The summed E-state index contributed by atoms with van der Waals surface area (Å²) in [4.78, 5) is 51.6. The molecule has 4 aliphatic carbocycles. The molecule has 1 aliphatic heterocycles. The van der Waals surface area contributed by atoms with E-state index in [1.165, 1.54) is 0 Å². The number of benzene rings is 1. The molecule has 31 heavy (non-hydrogen) atoms. The van der Waals surface area contributed by atoms with E-state index in [0.717, 1.165) is 24.2 Å². The number of carbonyl (C=O) groups is 4. The maximum absolute atomic E-state index is 13.0. The number of likely N-dealkylation sites (tertiary alicyclic amines) is 1. The van der Waals surface area contributed by atoms with Crippen LogP contribution in [0.5, 0.6) is 0 Å². The molecule has 3 fully saturated rings. The lowest BCUT2D eigenvalue weighted by molar-refractivity contribution is -0.142. The Labute approximate surface area is 180 Å². The number of unbranched alkanes of at least 4 members (excludes halogenated alkanes) is 1. The zero-order valence-corrected chi connectivity index (χ0v) is 17.5. The van der Waals surface area contributed by atoms with Crippen molar-refractivity contribution in [1.29, 1.82) is 0 Å². The van der Waals surface area contributed by atoms with Gasteiger partial charge in [0.1, 0.15) is 6.54 Å². The van der Waals surface area contributed by atoms with Gasteiger partial charge in [-0.25, -0.2) is 4.79 Å². The summed E-state index contributed by atoms with van der Waals surface area (Å²) in [6, 6.07) is 6.39. The van der Waals surface area contributed by atoms with Crippen LogP contribution < -0.4 is 5.32 Å². The van der Waals surface area contributed by atoms with Gasteiger partial charge in [0.2, 0.25) is 17.7 Å². The van der Waals surface area contributed by atoms with Gasteiger partial charge in [-0.2, -0.15) is 0 Å². The molecule has 0 aromatic heterocycles. The molecule has 1 N–H and O–H groups in total. The maximum atomic E-state index is 13.0. The summed E-state index contributed by atoms with van der Waals surface area (Å²) in [7, 11) is 0. The molecule has 162 valence electrons. The maximum Gasteiger partial charge on any atom is 0.338 e. The monoisotopic (exact) mass is 422 g/mol. The summed E-state index contributed by atoms with van der Waals surface area (Å²) in [5, 5.41) is 2.71. The van der Waals surface area contributed by atoms with E-state index in [4.69, 9.17) is 4.74 Å². The molecule has 6 atom stereocenters. The van der Waals surface area contributed by atoms with Gasteiger partial charge >= 0.3 is 5.97 Å². The van der Waals surface area contributed by atoms with Gasteiger partial charge in [0.25, 0.3) is 0 Å². The van der Waals surface area contributed by atoms with Crippen molar-refractivity contribution < 1.29 is 23.9 Å². The highest BCUT2D eigenvalue weighted by atomic mass is 16.5. The number of amides is 3. The highest BCUT2D eigenvalue weighted by Gasteiger charge is 2.67.